The van der Waals surface area contributed by atoms with Crippen molar-refractivity contribution in [3.05, 3.63) is 77.6 Å². The average molecular weight is 428 g/mol. The zero-order chi connectivity index (χ0) is 22.1. The van der Waals surface area contributed by atoms with Crippen LogP contribution in [0.25, 0.3) is 27.9 Å². The smallest absolute Gasteiger partial charge is 0.247 e. The second-order valence-electron chi connectivity index (χ2n) is 8.00. The number of nitrogens with zero attached hydrogens (tertiary/aromatic N) is 1. The zero-order valence-corrected chi connectivity index (χ0v) is 17.5. The first-order valence-electron chi connectivity index (χ1n) is 10.7. The molecule has 3 heterocycles. The molecule has 1 atom stereocenters. The molecule has 0 saturated carbocycles. The number of para-hydroxylation sites is 2. The number of hydrogen-bond donors (Lipinski definition) is 4. The fourth-order valence-corrected chi connectivity index (χ4v) is 4.40. The first kappa shape index (κ1) is 20.1. The fourth-order valence-electron chi connectivity index (χ4n) is 4.40. The van der Waals surface area contributed by atoms with Gasteiger partial charge in [0.25, 0.3) is 0 Å². The summed E-state index contributed by atoms with van der Waals surface area (Å²) in [5.74, 6) is -0.711. The molecule has 0 fully saturated rings. The van der Waals surface area contributed by atoms with E-state index in [1.165, 1.54) is 17.0 Å². The maximum absolute atomic E-state index is 13.0. The van der Waals surface area contributed by atoms with Crippen LogP contribution >= 0.6 is 0 Å². The Hall–Kier alpha value is -3.84. The lowest BCUT2D eigenvalue weighted by Crippen LogP contribution is -2.51. The number of H-pyrrole nitrogens is 2. The summed E-state index contributed by atoms with van der Waals surface area (Å²) in [7, 11) is 0. The molecular formula is C25H24N4O3. The highest BCUT2D eigenvalue weighted by Gasteiger charge is 2.29. The van der Waals surface area contributed by atoms with Crippen LogP contribution in [0.5, 0.6) is 0 Å². The van der Waals surface area contributed by atoms with Gasteiger partial charge in [-0.1, -0.05) is 36.4 Å². The Kier molecular flexibility index (Phi) is 5.25. The van der Waals surface area contributed by atoms with E-state index in [0.29, 0.717) is 13.1 Å². The number of amides is 2. The first-order valence-corrected chi connectivity index (χ1v) is 10.7. The van der Waals surface area contributed by atoms with Crippen molar-refractivity contribution >= 4 is 39.7 Å². The molecule has 5 rings (SSSR count). The second kappa shape index (κ2) is 8.36. The van der Waals surface area contributed by atoms with Crippen molar-refractivity contribution < 1.29 is 14.7 Å². The lowest BCUT2D eigenvalue weighted by molar-refractivity contribution is -0.137. The van der Waals surface area contributed by atoms with E-state index >= 15 is 0 Å². The number of aliphatic hydroxyl groups is 1. The summed E-state index contributed by atoms with van der Waals surface area (Å²) in [6.45, 7) is 0.521. The molecule has 0 saturated heterocycles. The van der Waals surface area contributed by atoms with Gasteiger partial charge in [0.2, 0.25) is 11.8 Å². The van der Waals surface area contributed by atoms with Gasteiger partial charge in [-0.2, -0.15) is 0 Å². The van der Waals surface area contributed by atoms with E-state index in [0.717, 1.165) is 34.1 Å². The molecule has 0 radical (unpaired) electrons. The molecular weight excluding hydrogens is 404 g/mol. The maximum Gasteiger partial charge on any atom is 0.247 e. The standard InChI is InChI=1S/C25H24N4O3/c30-15-23(28-24(31)10-9-16-13-26-20-7-3-1-5-17(16)20)25(32)29-12-11-19-18-6-2-4-8-21(18)27-22(19)14-29/h1-10,13,23,26-27,30H,11-12,14-15H2,(H,28,31)/t23-/m0/s1. The summed E-state index contributed by atoms with van der Waals surface area (Å²) in [5.41, 5.74) is 5.16. The third-order valence-corrected chi connectivity index (χ3v) is 6.03. The molecule has 4 N–H and O–H groups in total. The van der Waals surface area contributed by atoms with Gasteiger partial charge in [0.1, 0.15) is 6.04 Å². The normalized spacial score (nSPS) is 14.7. The minimum absolute atomic E-state index is 0.286. The van der Waals surface area contributed by atoms with Crippen molar-refractivity contribution in [3.8, 4) is 0 Å². The van der Waals surface area contributed by atoms with E-state index in [1.54, 1.807) is 11.0 Å². The Morgan fingerprint density at radius 2 is 1.84 bits per heavy atom. The van der Waals surface area contributed by atoms with Crippen molar-refractivity contribution in [2.24, 2.45) is 0 Å². The van der Waals surface area contributed by atoms with Gasteiger partial charge in [-0.05, 0) is 35.8 Å². The third kappa shape index (κ3) is 3.67. The molecule has 2 amide bonds. The Morgan fingerprint density at radius 1 is 1.09 bits per heavy atom. The summed E-state index contributed by atoms with van der Waals surface area (Å²) in [4.78, 5) is 33.7. The lowest BCUT2D eigenvalue weighted by Gasteiger charge is -2.30. The topological polar surface area (TPSA) is 101 Å². The second-order valence-corrected chi connectivity index (χ2v) is 8.00. The minimum atomic E-state index is -0.985. The van der Waals surface area contributed by atoms with Gasteiger partial charge in [-0.3, -0.25) is 9.59 Å². The van der Waals surface area contributed by atoms with Gasteiger partial charge in [-0.15, -0.1) is 0 Å². The molecule has 0 aliphatic carbocycles. The fraction of sp³-hybridized carbons (Fsp3) is 0.200. The largest absolute Gasteiger partial charge is 0.394 e. The summed E-state index contributed by atoms with van der Waals surface area (Å²) in [6.07, 6.45) is 5.65. The van der Waals surface area contributed by atoms with E-state index in [2.05, 4.69) is 21.4 Å². The van der Waals surface area contributed by atoms with Gasteiger partial charge in [0.15, 0.2) is 0 Å². The maximum atomic E-state index is 13.0. The number of carbonyl (C=O) groups excluding carboxylic acids is 2. The highest BCUT2D eigenvalue weighted by molar-refractivity contribution is 5.98. The summed E-state index contributed by atoms with van der Waals surface area (Å²) < 4.78 is 0. The minimum Gasteiger partial charge on any atom is -0.394 e. The molecule has 32 heavy (non-hydrogen) atoms. The predicted octanol–water partition coefficient (Wildman–Crippen LogP) is 2.72. The molecule has 0 spiro atoms. The predicted molar refractivity (Wildman–Crippen MR) is 124 cm³/mol. The number of nitrogens with one attached hydrogen (secondary N) is 3. The molecule has 2 aromatic heterocycles. The number of fused-ring (bicyclic) bond motifs is 4. The van der Waals surface area contributed by atoms with Crippen molar-refractivity contribution in [2.45, 2.75) is 19.0 Å². The number of aromatic nitrogens is 2. The van der Waals surface area contributed by atoms with Crippen molar-refractivity contribution in [1.82, 2.24) is 20.2 Å². The SMILES string of the molecule is O=C(C=Cc1c[nH]c2ccccc12)N[C@@H](CO)C(=O)N1CCc2c([nH]c3ccccc23)C1. The monoisotopic (exact) mass is 428 g/mol. The van der Waals surface area contributed by atoms with E-state index in [4.69, 9.17) is 0 Å². The summed E-state index contributed by atoms with van der Waals surface area (Å²) in [5, 5.41) is 14.6. The number of carbonyl (C=O) groups is 2. The number of aromatic amines is 2. The van der Waals surface area contributed by atoms with Crippen LogP contribution in [0, 0.1) is 0 Å². The van der Waals surface area contributed by atoms with Crippen LogP contribution in [0.1, 0.15) is 16.8 Å². The first-order chi connectivity index (χ1) is 15.6. The van der Waals surface area contributed by atoms with Gasteiger partial charge in [0.05, 0.1) is 13.2 Å². The Bertz CT molecular complexity index is 1330. The Balaban J connectivity index is 1.26. The molecule has 1 aliphatic rings. The molecule has 7 heteroatoms. The van der Waals surface area contributed by atoms with Crippen LogP contribution in [0.4, 0.5) is 0 Å². The molecule has 1 aliphatic heterocycles. The highest BCUT2D eigenvalue weighted by Crippen LogP contribution is 2.27. The van der Waals surface area contributed by atoms with Gasteiger partial charge >= 0.3 is 0 Å². The number of aliphatic hydroxyl groups excluding tert-OH is 1. The molecule has 4 aromatic rings. The zero-order valence-electron chi connectivity index (χ0n) is 17.5. The summed E-state index contributed by atoms with van der Waals surface area (Å²) in [6, 6.07) is 14.9. The van der Waals surface area contributed by atoms with Crippen LogP contribution < -0.4 is 5.32 Å². The van der Waals surface area contributed by atoms with Crippen LogP contribution in [-0.2, 0) is 22.6 Å². The lowest BCUT2D eigenvalue weighted by atomic mass is 10.0. The third-order valence-electron chi connectivity index (χ3n) is 6.03. The Labute approximate surface area is 184 Å². The van der Waals surface area contributed by atoms with E-state index in [1.807, 2.05) is 48.7 Å². The van der Waals surface area contributed by atoms with Gasteiger partial charge in [-0.25, -0.2) is 0 Å². The van der Waals surface area contributed by atoms with Crippen LogP contribution in [-0.4, -0.2) is 51.0 Å². The molecule has 7 nitrogen and oxygen atoms in total. The van der Waals surface area contributed by atoms with Crippen LogP contribution in [0.15, 0.2) is 60.8 Å². The number of benzene rings is 2. The van der Waals surface area contributed by atoms with Crippen LogP contribution in [0.3, 0.4) is 0 Å². The van der Waals surface area contributed by atoms with Crippen molar-refractivity contribution in [1.29, 1.82) is 0 Å². The van der Waals surface area contributed by atoms with Crippen molar-refractivity contribution in [3.63, 3.8) is 0 Å². The average Bonchev–Trinajstić information content (AvgIpc) is 3.41. The number of hydrogen-bond acceptors (Lipinski definition) is 3. The molecule has 162 valence electrons. The van der Waals surface area contributed by atoms with E-state index in [9.17, 15) is 14.7 Å². The molecule has 2 aromatic carbocycles. The Morgan fingerprint density at radius 3 is 2.66 bits per heavy atom. The highest BCUT2D eigenvalue weighted by atomic mass is 16.3. The van der Waals surface area contributed by atoms with E-state index in [-0.39, 0.29) is 5.91 Å². The van der Waals surface area contributed by atoms with Gasteiger partial charge < -0.3 is 25.3 Å². The summed E-state index contributed by atoms with van der Waals surface area (Å²) >= 11 is 0. The van der Waals surface area contributed by atoms with Crippen LogP contribution in [0.2, 0.25) is 0 Å². The quantitative estimate of drug-likeness (QED) is 0.368. The molecule has 0 bridgehead atoms. The van der Waals surface area contributed by atoms with E-state index < -0.39 is 18.6 Å². The van der Waals surface area contributed by atoms with Gasteiger partial charge in [0, 0.05) is 46.3 Å². The van der Waals surface area contributed by atoms with Crippen molar-refractivity contribution in [2.75, 3.05) is 13.2 Å². The molecule has 0 unspecified atom stereocenters. The number of rotatable bonds is 5.